The summed E-state index contributed by atoms with van der Waals surface area (Å²) < 4.78 is 20.6. The Morgan fingerprint density at radius 1 is 1.00 bits per heavy atom. The number of aliphatic imine (C=N–C) groups is 1. The van der Waals surface area contributed by atoms with E-state index in [0.717, 1.165) is 11.3 Å². The summed E-state index contributed by atoms with van der Waals surface area (Å²) in [4.78, 5) is 35.8. The summed E-state index contributed by atoms with van der Waals surface area (Å²) in [6, 6.07) is 17.2. The zero-order chi connectivity index (χ0) is 24.6. The Hall–Kier alpha value is -4.79. The second-order valence-electron chi connectivity index (χ2n) is 8.46. The zero-order valence-electron chi connectivity index (χ0n) is 19.0. The molecule has 1 aromatic heterocycles. The van der Waals surface area contributed by atoms with Gasteiger partial charge in [0.15, 0.2) is 0 Å². The molecule has 1 saturated heterocycles. The van der Waals surface area contributed by atoms with Crippen molar-refractivity contribution in [1.82, 2.24) is 9.55 Å². The highest BCUT2D eigenvalue weighted by atomic mass is 19.1. The molecule has 3 aromatic carbocycles. The van der Waals surface area contributed by atoms with E-state index in [1.807, 2.05) is 35.0 Å². The number of amides is 2. The molecule has 4 aromatic rings. The number of aromatic nitrogens is 2. The molecular weight excluding hydrogens is 461 g/mol. The summed E-state index contributed by atoms with van der Waals surface area (Å²) in [7, 11) is 0. The molecule has 2 aliphatic heterocycles. The quantitative estimate of drug-likeness (QED) is 0.439. The monoisotopic (exact) mass is 481 g/mol. The number of imidazole rings is 1. The molecule has 36 heavy (non-hydrogen) atoms. The van der Waals surface area contributed by atoms with Crippen LogP contribution < -0.4 is 10.2 Å². The third-order valence-electron chi connectivity index (χ3n) is 6.16. The van der Waals surface area contributed by atoms with Crippen molar-refractivity contribution in [1.29, 1.82) is 0 Å². The molecule has 6 rings (SSSR count). The second-order valence-corrected chi connectivity index (χ2v) is 8.46. The van der Waals surface area contributed by atoms with E-state index in [4.69, 9.17) is 9.73 Å². The van der Waals surface area contributed by atoms with Crippen molar-refractivity contribution in [2.24, 2.45) is 4.99 Å². The Labute approximate surface area is 205 Å². The molecule has 1 fully saturated rings. The van der Waals surface area contributed by atoms with Gasteiger partial charge < -0.3 is 14.6 Å². The predicted molar refractivity (Wildman–Crippen MR) is 134 cm³/mol. The average Bonchev–Trinajstić information content (AvgIpc) is 3.54. The first-order valence-corrected chi connectivity index (χ1v) is 11.4. The van der Waals surface area contributed by atoms with Crippen LogP contribution in [0, 0.1) is 5.82 Å². The first-order valence-electron chi connectivity index (χ1n) is 11.4. The molecule has 0 saturated carbocycles. The van der Waals surface area contributed by atoms with E-state index in [-0.39, 0.29) is 24.8 Å². The van der Waals surface area contributed by atoms with Gasteiger partial charge in [-0.15, -0.1) is 0 Å². The van der Waals surface area contributed by atoms with Crippen LogP contribution in [0.4, 0.5) is 26.2 Å². The topological polar surface area (TPSA) is 88.8 Å². The first-order chi connectivity index (χ1) is 17.5. The lowest BCUT2D eigenvalue weighted by Gasteiger charge is -2.20. The number of carbonyl (C=O) groups is 2. The fourth-order valence-electron chi connectivity index (χ4n) is 4.42. The molecule has 0 unspecified atom stereocenters. The van der Waals surface area contributed by atoms with Gasteiger partial charge in [-0.05, 0) is 47.5 Å². The van der Waals surface area contributed by atoms with Crippen molar-refractivity contribution in [2.75, 3.05) is 23.4 Å². The maximum atomic E-state index is 13.6. The lowest BCUT2D eigenvalue weighted by atomic mass is 10.0. The lowest BCUT2D eigenvalue weighted by molar-refractivity contribution is -0.115. The van der Waals surface area contributed by atoms with Gasteiger partial charge >= 0.3 is 6.09 Å². The number of anilines is 2. The molecule has 3 heterocycles. The number of rotatable bonds is 4. The van der Waals surface area contributed by atoms with Gasteiger partial charge in [0.2, 0.25) is 5.91 Å². The van der Waals surface area contributed by atoms with Gasteiger partial charge in [-0.2, -0.15) is 0 Å². The van der Waals surface area contributed by atoms with Gasteiger partial charge in [0.25, 0.3) is 0 Å². The number of ether oxygens (including phenoxy) is 1. The lowest BCUT2D eigenvalue weighted by Crippen LogP contribution is -2.24. The van der Waals surface area contributed by atoms with E-state index in [2.05, 4.69) is 10.3 Å². The summed E-state index contributed by atoms with van der Waals surface area (Å²) in [6.07, 6.45) is 4.86. The minimum absolute atomic E-state index is 0.0784. The van der Waals surface area contributed by atoms with Gasteiger partial charge in [0.1, 0.15) is 12.4 Å². The van der Waals surface area contributed by atoms with Crippen LogP contribution in [0.1, 0.15) is 12.0 Å². The highest BCUT2D eigenvalue weighted by molar-refractivity contribution is 6.17. The third kappa shape index (κ3) is 4.00. The molecule has 9 heteroatoms. The smallest absolute Gasteiger partial charge is 0.414 e. The first kappa shape index (κ1) is 21.7. The van der Waals surface area contributed by atoms with Crippen LogP contribution in [0.25, 0.3) is 16.8 Å². The van der Waals surface area contributed by atoms with Gasteiger partial charge in [0.05, 0.1) is 42.1 Å². The molecule has 2 amide bonds. The SMILES string of the molecule is O=C1CC(c2cccc(-n3ccnc3)c2)=Nc2cc(N3CCOC3=O)c(-c3ccc(F)cc3)cc2N1. The molecule has 1 N–H and O–H groups in total. The number of nitrogens with one attached hydrogen (secondary N) is 1. The maximum Gasteiger partial charge on any atom is 0.414 e. The summed E-state index contributed by atoms with van der Waals surface area (Å²) in [5.74, 6) is -0.574. The van der Waals surface area contributed by atoms with Crippen molar-refractivity contribution in [3.63, 3.8) is 0 Å². The van der Waals surface area contributed by atoms with Crippen molar-refractivity contribution >= 4 is 34.8 Å². The molecule has 0 bridgehead atoms. The van der Waals surface area contributed by atoms with E-state index in [9.17, 15) is 14.0 Å². The molecule has 178 valence electrons. The molecule has 2 aliphatic rings. The fourth-order valence-corrected chi connectivity index (χ4v) is 4.42. The molecule has 0 spiro atoms. The van der Waals surface area contributed by atoms with Crippen LogP contribution in [0.3, 0.4) is 0 Å². The number of cyclic esters (lactones) is 1. The van der Waals surface area contributed by atoms with Crippen molar-refractivity contribution in [3.05, 3.63) is 90.8 Å². The highest BCUT2D eigenvalue weighted by Crippen LogP contribution is 2.42. The number of fused-ring (bicyclic) bond motifs is 1. The van der Waals surface area contributed by atoms with Crippen molar-refractivity contribution in [2.45, 2.75) is 6.42 Å². The molecule has 0 radical (unpaired) electrons. The van der Waals surface area contributed by atoms with E-state index in [1.54, 1.807) is 36.8 Å². The van der Waals surface area contributed by atoms with Crippen LogP contribution in [0.15, 0.2) is 84.4 Å². The van der Waals surface area contributed by atoms with Crippen LogP contribution in [-0.2, 0) is 9.53 Å². The number of hydrogen-bond acceptors (Lipinski definition) is 5. The third-order valence-corrected chi connectivity index (χ3v) is 6.16. The summed E-state index contributed by atoms with van der Waals surface area (Å²) in [6.45, 7) is 0.646. The van der Waals surface area contributed by atoms with E-state index < -0.39 is 6.09 Å². The number of hydrogen-bond donors (Lipinski definition) is 1. The molecule has 8 nitrogen and oxygen atoms in total. The number of carbonyl (C=O) groups excluding carboxylic acids is 2. The Kier molecular flexibility index (Phi) is 5.29. The number of halogens is 1. The largest absolute Gasteiger partial charge is 0.447 e. The fraction of sp³-hybridized carbons (Fsp3) is 0.111. The number of nitrogens with zero attached hydrogens (tertiary/aromatic N) is 4. The standard InChI is InChI=1S/C27H20FN5O3/c28-19-6-4-17(5-7-19)21-13-23-24(14-25(21)33-10-11-36-27(33)35)30-22(15-26(34)31-23)18-2-1-3-20(12-18)32-9-8-29-16-32/h1-9,12-14,16H,10-11,15H2,(H,31,34). The number of benzene rings is 3. The Balaban J connectivity index is 1.49. The van der Waals surface area contributed by atoms with E-state index in [0.29, 0.717) is 40.4 Å². The minimum Gasteiger partial charge on any atom is -0.447 e. The van der Waals surface area contributed by atoms with Crippen molar-refractivity contribution in [3.8, 4) is 16.8 Å². The molecule has 0 atom stereocenters. The van der Waals surface area contributed by atoms with Crippen LogP contribution >= 0.6 is 0 Å². The Bertz CT molecular complexity index is 1510. The maximum absolute atomic E-state index is 13.6. The van der Waals surface area contributed by atoms with Gasteiger partial charge in [-0.1, -0.05) is 24.3 Å². The van der Waals surface area contributed by atoms with Crippen LogP contribution in [-0.4, -0.2) is 40.4 Å². The van der Waals surface area contributed by atoms with Gasteiger partial charge in [0, 0.05) is 23.6 Å². The summed E-state index contributed by atoms with van der Waals surface area (Å²) in [5.41, 5.74) is 5.25. The average molecular weight is 481 g/mol. The molecule has 0 aliphatic carbocycles. The van der Waals surface area contributed by atoms with E-state index >= 15 is 0 Å². The summed E-state index contributed by atoms with van der Waals surface area (Å²) >= 11 is 0. The van der Waals surface area contributed by atoms with Crippen LogP contribution in [0.5, 0.6) is 0 Å². The molecular formula is C27H20FN5O3. The minimum atomic E-state index is -0.465. The predicted octanol–water partition coefficient (Wildman–Crippen LogP) is 5.10. The van der Waals surface area contributed by atoms with Gasteiger partial charge in [-0.3, -0.25) is 14.7 Å². The second kappa shape index (κ2) is 8.77. The highest BCUT2D eigenvalue weighted by Gasteiger charge is 2.28. The Morgan fingerprint density at radius 3 is 2.61 bits per heavy atom. The van der Waals surface area contributed by atoms with Gasteiger partial charge in [-0.25, -0.2) is 14.2 Å². The van der Waals surface area contributed by atoms with E-state index in [1.165, 1.54) is 17.0 Å². The van der Waals surface area contributed by atoms with Crippen LogP contribution in [0.2, 0.25) is 0 Å². The normalized spacial score (nSPS) is 15.1. The van der Waals surface area contributed by atoms with Crippen molar-refractivity contribution < 1.29 is 18.7 Å². The zero-order valence-corrected chi connectivity index (χ0v) is 19.0. The Morgan fingerprint density at radius 2 is 1.86 bits per heavy atom. The summed E-state index contributed by atoms with van der Waals surface area (Å²) in [5, 5.41) is 2.94.